The summed E-state index contributed by atoms with van der Waals surface area (Å²) in [6, 6.07) is 16.9. The monoisotopic (exact) mass is 414 g/mol. The number of hydrogen-bond donors (Lipinski definition) is 1. The Kier molecular flexibility index (Phi) is 6.17. The van der Waals surface area contributed by atoms with Crippen molar-refractivity contribution in [1.82, 2.24) is 9.80 Å². The fourth-order valence-electron chi connectivity index (χ4n) is 3.95. The SMILES string of the molecule is C=CCN1C[C@H](C)N([C@@H](c2cccc(Br)c2)c2ccccc2O)C[C@H]1C. The minimum Gasteiger partial charge on any atom is -0.508 e. The molecule has 138 valence electrons. The van der Waals surface area contributed by atoms with Crippen LogP contribution in [-0.4, -0.2) is 46.6 Å². The van der Waals surface area contributed by atoms with Crippen LogP contribution in [0.15, 0.2) is 65.7 Å². The molecule has 0 aliphatic carbocycles. The van der Waals surface area contributed by atoms with Gasteiger partial charge in [0.15, 0.2) is 0 Å². The lowest BCUT2D eigenvalue weighted by atomic mass is 9.93. The molecule has 0 saturated carbocycles. The summed E-state index contributed by atoms with van der Waals surface area (Å²) < 4.78 is 1.06. The highest BCUT2D eigenvalue weighted by Crippen LogP contribution is 2.37. The molecular formula is C22H27BrN2O. The molecule has 0 bridgehead atoms. The van der Waals surface area contributed by atoms with Crippen molar-refractivity contribution < 1.29 is 5.11 Å². The molecule has 1 heterocycles. The Bertz CT molecular complexity index is 763. The summed E-state index contributed by atoms with van der Waals surface area (Å²) in [5.41, 5.74) is 2.15. The molecule has 2 aromatic rings. The van der Waals surface area contributed by atoms with Crippen LogP contribution in [0.25, 0.3) is 0 Å². The van der Waals surface area contributed by atoms with Crippen LogP contribution in [0.5, 0.6) is 5.75 Å². The molecule has 3 atom stereocenters. The first-order valence-electron chi connectivity index (χ1n) is 9.15. The summed E-state index contributed by atoms with van der Waals surface area (Å²) in [5.74, 6) is 0.353. The summed E-state index contributed by atoms with van der Waals surface area (Å²) in [6.07, 6.45) is 1.98. The van der Waals surface area contributed by atoms with Gasteiger partial charge in [-0.2, -0.15) is 0 Å². The van der Waals surface area contributed by atoms with Gasteiger partial charge in [-0.15, -0.1) is 6.58 Å². The van der Waals surface area contributed by atoms with Gasteiger partial charge in [-0.3, -0.25) is 9.80 Å². The summed E-state index contributed by atoms with van der Waals surface area (Å²) in [4.78, 5) is 4.98. The molecule has 4 heteroatoms. The average molecular weight is 415 g/mol. The maximum atomic E-state index is 10.6. The van der Waals surface area contributed by atoms with Gasteiger partial charge in [0.05, 0.1) is 6.04 Å². The quantitative estimate of drug-likeness (QED) is 0.709. The van der Waals surface area contributed by atoms with Crippen LogP contribution < -0.4 is 0 Å². The number of aromatic hydroxyl groups is 1. The third-order valence-corrected chi connectivity index (χ3v) is 5.75. The van der Waals surface area contributed by atoms with Gasteiger partial charge >= 0.3 is 0 Å². The number of phenols is 1. The summed E-state index contributed by atoms with van der Waals surface area (Å²) in [5, 5.41) is 10.6. The van der Waals surface area contributed by atoms with Crippen molar-refractivity contribution in [2.45, 2.75) is 32.0 Å². The highest BCUT2D eigenvalue weighted by atomic mass is 79.9. The van der Waals surface area contributed by atoms with Crippen LogP contribution in [0.3, 0.4) is 0 Å². The van der Waals surface area contributed by atoms with Gasteiger partial charge in [0.1, 0.15) is 5.75 Å². The highest BCUT2D eigenvalue weighted by Gasteiger charge is 2.35. The molecule has 3 nitrogen and oxygen atoms in total. The van der Waals surface area contributed by atoms with E-state index in [-0.39, 0.29) is 6.04 Å². The van der Waals surface area contributed by atoms with E-state index in [0.717, 1.165) is 29.7 Å². The van der Waals surface area contributed by atoms with Gasteiger partial charge in [0, 0.05) is 41.8 Å². The molecule has 1 saturated heterocycles. The van der Waals surface area contributed by atoms with E-state index in [2.05, 4.69) is 64.4 Å². The maximum Gasteiger partial charge on any atom is 0.120 e. The molecular weight excluding hydrogens is 388 g/mol. The van der Waals surface area contributed by atoms with Crippen molar-refractivity contribution in [3.63, 3.8) is 0 Å². The predicted octanol–water partition coefficient (Wildman–Crippen LogP) is 4.82. The Balaban J connectivity index is 2.01. The first kappa shape index (κ1) is 19.2. The lowest BCUT2D eigenvalue weighted by molar-refractivity contribution is 0.0301. The van der Waals surface area contributed by atoms with Crippen LogP contribution in [0.1, 0.15) is 31.0 Å². The lowest BCUT2D eigenvalue weighted by Crippen LogP contribution is -2.57. The fourth-order valence-corrected chi connectivity index (χ4v) is 4.37. The van der Waals surface area contributed by atoms with Gasteiger partial charge in [0.25, 0.3) is 0 Å². The number of hydrogen-bond acceptors (Lipinski definition) is 3. The van der Waals surface area contributed by atoms with Crippen LogP contribution >= 0.6 is 15.9 Å². The summed E-state index contributed by atoms with van der Waals surface area (Å²) in [7, 11) is 0. The zero-order valence-electron chi connectivity index (χ0n) is 15.5. The molecule has 1 aliphatic rings. The first-order valence-corrected chi connectivity index (χ1v) is 9.94. The number of phenolic OH excluding ortho intramolecular Hbond substituents is 1. The maximum absolute atomic E-state index is 10.6. The minimum atomic E-state index is 0.0250. The molecule has 0 amide bonds. The molecule has 0 spiro atoms. The summed E-state index contributed by atoms with van der Waals surface area (Å²) >= 11 is 3.60. The Morgan fingerprint density at radius 2 is 1.92 bits per heavy atom. The van der Waals surface area contributed by atoms with Crippen LogP contribution in [0.2, 0.25) is 0 Å². The molecule has 1 aliphatic heterocycles. The lowest BCUT2D eigenvalue weighted by Gasteiger charge is -2.47. The second kappa shape index (κ2) is 8.38. The molecule has 26 heavy (non-hydrogen) atoms. The third kappa shape index (κ3) is 4.03. The number of rotatable bonds is 5. The summed E-state index contributed by atoms with van der Waals surface area (Å²) in [6.45, 7) is 11.3. The first-order chi connectivity index (χ1) is 12.5. The fraction of sp³-hybridized carbons (Fsp3) is 0.364. The molecule has 1 fully saturated rings. The topological polar surface area (TPSA) is 26.7 Å². The number of para-hydroxylation sites is 1. The second-order valence-electron chi connectivity index (χ2n) is 7.15. The van der Waals surface area contributed by atoms with E-state index in [0.29, 0.717) is 17.8 Å². The second-order valence-corrected chi connectivity index (χ2v) is 8.07. The minimum absolute atomic E-state index is 0.0250. The van der Waals surface area contributed by atoms with E-state index in [1.54, 1.807) is 6.07 Å². The van der Waals surface area contributed by atoms with E-state index in [9.17, 15) is 5.11 Å². The van der Waals surface area contributed by atoms with Gasteiger partial charge in [0.2, 0.25) is 0 Å². The third-order valence-electron chi connectivity index (χ3n) is 5.25. The molecule has 2 aromatic carbocycles. The van der Waals surface area contributed by atoms with Crippen LogP contribution in [0, 0.1) is 0 Å². The van der Waals surface area contributed by atoms with Gasteiger partial charge < -0.3 is 5.11 Å². The normalized spacial score (nSPS) is 22.9. The van der Waals surface area contributed by atoms with Gasteiger partial charge in [-0.05, 0) is 37.6 Å². The van der Waals surface area contributed by atoms with Crippen molar-refractivity contribution in [3.8, 4) is 5.75 Å². The Morgan fingerprint density at radius 3 is 2.62 bits per heavy atom. The zero-order valence-corrected chi connectivity index (χ0v) is 17.1. The van der Waals surface area contributed by atoms with E-state index >= 15 is 0 Å². The van der Waals surface area contributed by atoms with Crippen molar-refractivity contribution in [2.75, 3.05) is 19.6 Å². The number of nitrogens with zero attached hydrogens (tertiary/aromatic N) is 2. The Hall–Kier alpha value is -1.62. The van der Waals surface area contributed by atoms with Crippen molar-refractivity contribution in [2.24, 2.45) is 0 Å². The van der Waals surface area contributed by atoms with Crippen molar-refractivity contribution in [1.29, 1.82) is 0 Å². The smallest absolute Gasteiger partial charge is 0.120 e. The number of benzene rings is 2. The predicted molar refractivity (Wildman–Crippen MR) is 111 cm³/mol. The largest absolute Gasteiger partial charge is 0.508 e. The molecule has 1 N–H and O–H groups in total. The Morgan fingerprint density at radius 1 is 1.15 bits per heavy atom. The molecule has 0 unspecified atom stereocenters. The average Bonchev–Trinajstić information content (AvgIpc) is 2.61. The molecule has 0 radical (unpaired) electrons. The Labute approximate surface area is 165 Å². The van der Waals surface area contributed by atoms with E-state index in [1.165, 1.54) is 5.56 Å². The van der Waals surface area contributed by atoms with Gasteiger partial charge in [-0.25, -0.2) is 0 Å². The van der Waals surface area contributed by atoms with E-state index in [4.69, 9.17) is 0 Å². The van der Waals surface area contributed by atoms with E-state index in [1.807, 2.05) is 30.3 Å². The van der Waals surface area contributed by atoms with Crippen LogP contribution in [-0.2, 0) is 0 Å². The zero-order chi connectivity index (χ0) is 18.7. The standard InChI is InChI=1S/C22H27BrN2O/c1-4-12-24-14-17(3)25(15-16(24)2)22(18-8-7-9-19(23)13-18)20-10-5-6-11-21(20)26/h4-11,13,16-17,22,26H,1,12,14-15H2,2-3H3/t16-,17+,22+/m1/s1. The van der Waals surface area contributed by atoms with E-state index < -0.39 is 0 Å². The molecule has 3 rings (SSSR count). The number of piperazine rings is 1. The molecule has 0 aromatic heterocycles. The highest BCUT2D eigenvalue weighted by molar-refractivity contribution is 9.10. The van der Waals surface area contributed by atoms with Crippen molar-refractivity contribution in [3.05, 3.63) is 76.8 Å². The van der Waals surface area contributed by atoms with Crippen molar-refractivity contribution >= 4 is 15.9 Å². The number of halogens is 1. The van der Waals surface area contributed by atoms with Gasteiger partial charge in [-0.1, -0.05) is 52.3 Å². The van der Waals surface area contributed by atoms with Crippen LogP contribution in [0.4, 0.5) is 0 Å².